The first kappa shape index (κ1) is 19.1. The molecular formula is C20H19F3N4O2. The van der Waals surface area contributed by atoms with Crippen LogP contribution in [-0.2, 0) is 11.0 Å². The molecule has 0 spiro atoms. The third-order valence-electron chi connectivity index (χ3n) is 5.02. The number of carbonyl (C=O) groups is 1. The minimum absolute atomic E-state index is 0.147. The first-order valence-electron chi connectivity index (χ1n) is 9.22. The van der Waals surface area contributed by atoms with E-state index in [0.29, 0.717) is 48.9 Å². The average Bonchev–Trinajstić information content (AvgIpc) is 3.39. The number of furan rings is 1. The molecule has 1 aliphatic rings. The second-order valence-corrected chi connectivity index (χ2v) is 6.94. The monoisotopic (exact) mass is 404 g/mol. The number of piperidine rings is 1. The van der Waals surface area contributed by atoms with Crippen LogP contribution in [0.15, 0.2) is 53.1 Å². The van der Waals surface area contributed by atoms with Gasteiger partial charge in [0.15, 0.2) is 11.6 Å². The van der Waals surface area contributed by atoms with Crippen LogP contribution in [0.3, 0.4) is 0 Å². The molecule has 1 aromatic carbocycles. The maximum atomic E-state index is 12.9. The van der Waals surface area contributed by atoms with Gasteiger partial charge in [0.05, 0.1) is 11.8 Å². The zero-order chi connectivity index (χ0) is 20.4. The van der Waals surface area contributed by atoms with Crippen molar-refractivity contribution in [1.29, 1.82) is 0 Å². The number of anilines is 2. The standard InChI is InChI=1S/C20H19F3N4O2/c21-20(22,23)14-3-1-4-15(11-14)27-8-6-13(7-9-27)19(28)24-18-12-16(25-26-18)17-5-2-10-29-17/h1-5,10-13H,6-9H2,(H2,24,25,26,28). The third kappa shape index (κ3) is 4.28. The number of nitrogens with one attached hydrogen (secondary N) is 2. The molecule has 1 fully saturated rings. The SMILES string of the molecule is O=C(Nc1cc(-c2ccco2)[nH]n1)C1CCN(c2cccc(C(F)(F)F)c2)CC1. The molecule has 3 aromatic rings. The fourth-order valence-electron chi connectivity index (χ4n) is 3.45. The highest BCUT2D eigenvalue weighted by molar-refractivity contribution is 5.92. The van der Waals surface area contributed by atoms with Gasteiger partial charge in [-0.1, -0.05) is 6.07 Å². The van der Waals surface area contributed by atoms with Gasteiger partial charge in [-0.05, 0) is 43.2 Å². The first-order chi connectivity index (χ1) is 13.9. The van der Waals surface area contributed by atoms with E-state index in [9.17, 15) is 18.0 Å². The summed E-state index contributed by atoms with van der Waals surface area (Å²) in [6.45, 7) is 1.02. The first-order valence-corrected chi connectivity index (χ1v) is 9.22. The van der Waals surface area contributed by atoms with Gasteiger partial charge in [-0.25, -0.2) is 0 Å². The van der Waals surface area contributed by atoms with Gasteiger partial charge in [0.25, 0.3) is 0 Å². The summed E-state index contributed by atoms with van der Waals surface area (Å²) in [4.78, 5) is 14.4. The van der Waals surface area contributed by atoms with E-state index in [-0.39, 0.29) is 11.8 Å². The minimum atomic E-state index is -4.37. The van der Waals surface area contributed by atoms with Crippen molar-refractivity contribution in [3.63, 3.8) is 0 Å². The molecule has 0 aliphatic carbocycles. The Morgan fingerprint density at radius 3 is 2.66 bits per heavy atom. The second-order valence-electron chi connectivity index (χ2n) is 6.94. The normalized spacial score (nSPS) is 15.5. The molecule has 1 saturated heterocycles. The van der Waals surface area contributed by atoms with Crippen molar-refractivity contribution in [1.82, 2.24) is 10.2 Å². The van der Waals surface area contributed by atoms with Gasteiger partial charge >= 0.3 is 6.18 Å². The summed E-state index contributed by atoms with van der Waals surface area (Å²) in [5, 5.41) is 9.66. The van der Waals surface area contributed by atoms with Gasteiger partial charge < -0.3 is 14.6 Å². The minimum Gasteiger partial charge on any atom is -0.463 e. The molecule has 9 heteroatoms. The Balaban J connectivity index is 1.34. The summed E-state index contributed by atoms with van der Waals surface area (Å²) in [6, 6.07) is 10.5. The highest BCUT2D eigenvalue weighted by atomic mass is 19.4. The number of H-pyrrole nitrogens is 1. The van der Waals surface area contributed by atoms with E-state index in [2.05, 4.69) is 15.5 Å². The van der Waals surface area contributed by atoms with Gasteiger partial charge in [0, 0.05) is 30.8 Å². The maximum Gasteiger partial charge on any atom is 0.416 e. The topological polar surface area (TPSA) is 74.2 Å². The highest BCUT2D eigenvalue weighted by Gasteiger charge is 2.31. The fourth-order valence-corrected chi connectivity index (χ4v) is 3.45. The molecule has 0 bridgehead atoms. The summed E-state index contributed by atoms with van der Waals surface area (Å²) in [6.07, 6.45) is -1.71. The number of alkyl halides is 3. The largest absolute Gasteiger partial charge is 0.463 e. The second kappa shape index (κ2) is 7.65. The van der Waals surface area contributed by atoms with E-state index >= 15 is 0 Å². The number of amides is 1. The predicted octanol–water partition coefficient (Wildman–Crippen LogP) is 4.54. The van der Waals surface area contributed by atoms with Crippen LogP contribution in [0, 0.1) is 5.92 Å². The van der Waals surface area contributed by atoms with Crippen molar-refractivity contribution in [3.8, 4) is 11.5 Å². The lowest BCUT2D eigenvalue weighted by atomic mass is 9.95. The smallest absolute Gasteiger partial charge is 0.416 e. The molecule has 0 saturated carbocycles. The number of aromatic nitrogens is 2. The fraction of sp³-hybridized carbons (Fsp3) is 0.300. The molecule has 0 atom stereocenters. The van der Waals surface area contributed by atoms with Crippen LogP contribution in [0.1, 0.15) is 18.4 Å². The quantitative estimate of drug-likeness (QED) is 0.669. The molecule has 2 aromatic heterocycles. The average molecular weight is 404 g/mol. The summed E-state index contributed by atoms with van der Waals surface area (Å²) < 4.78 is 44.0. The molecule has 4 rings (SSSR count). The van der Waals surface area contributed by atoms with Gasteiger partial charge in [-0.2, -0.15) is 18.3 Å². The van der Waals surface area contributed by atoms with Crippen LogP contribution in [0.2, 0.25) is 0 Å². The number of hydrogen-bond acceptors (Lipinski definition) is 4. The van der Waals surface area contributed by atoms with Crippen LogP contribution in [0.4, 0.5) is 24.7 Å². The van der Waals surface area contributed by atoms with Gasteiger partial charge in [0.1, 0.15) is 5.69 Å². The third-order valence-corrected chi connectivity index (χ3v) is 5.02. The van der Waals surface area contributed by atoms with Crippen LogP contribution >= 0.6 is 0 Å². The van der Waals surface area contributed by atoms with Crippen molar-refractivity contribution >= 4 is 17.4 Å². The molecular weight excluding hydrogens is 385 g/mol. The van der Waals surface area contributed by atoms with Crippen molar-refractivity contribution in [3.05, 3.63) is 54.3 Å². The summed E-state index contributed by atoms with van der Waals surface area (Å²) in [5.74, 6) is 0.654. The van der Waals surface area contributed by atoms with E-state index in [4.69, 9.17) is 4.42 Å². The van der Waals surface area contributed by atoms with Crippen LogP contribution < -0.4 is 10.2 Å². The molecule has 3 heterocycles. The van der Waals surface area contributed by atoms with E-state index in [1.165, 1.54) is 6.07 Å². The van der Waals surface area contributed by atoms with Crippen LogP contribution in [-0.4, -0.2) is 29.2 Å². The lowest BCUT2D eigenvalue weighted by Gasteiger charge is -2.33. The highest BCUT2D eigenvalue weighted by Crippen LogP contribution is 2.33. The Morgan fingerprint density at radius 2 is 1.97 bits per heavy atom. The van der Waals surface area contributed by atoms with E-state index in [1.807, 2.05) is 4.90 Å². The number of hydrogen-bond donors (Lipinski definition) is 2. The molecule has 0 radical (unpaired) electrons. The summed E-state index contributed by atoms with van der Waals surface area (Å²) in [5.41, 5.74) is 0.513. The van der Waals surface area contributed by atoms with Crippen molar-refractivity contribution < 1.29 is 22.4 Å². The van der Waals surface area contributed by atoms with E-state index < -0.39 is 11.7 Å². The van der Waals surface area contributed by atoms with Gasteiger partial charge in [0.2, 0.25) is 5.91 Å². The lowest BCUT2D eigenvalue weighted by Crippen LogP contribution is -2.38. The Labute approximate surface area is 164 Å². The molecule has 1 amide bonds. The molecule has 6 nitrogen and oxygen atoms in total. The molecule has 2 N–H and O–H groups in total. The number of nitrogens with zero attached hydrogens (tertiary/aromatic N) is 2. The summed E-state index contributed by atoms with van der Waals surface area (Å²) in [7, 11) is 0. The number of halogens is 3. The van der Waals surface area contributed by atoms with E-state index in [1.54, 1.807) is 30.5 Å². The zero-order valence-electron chi connectivity index (χ0n) is 15.4. The van der Waals surface area contributed by atoms with Crippen molar-refractivity contribution in [2.75, 3.05) is 23.3 Å². The van der Waals surface area contributed by atoms with Crippen LogP contribution in [0.5, 0.6) is 0 Å². The summed E-state index contributed by atoms with van der Waals surface area (Å²) >= 11 is 0. The molecule has 29 heavy (non-hydrogen) atoms. The maximum absolute atomic E-state index is 12.9. The lowest BCUT2D eigenvalue weighted by molar-refractivity contribution is -0.137. The number of aromatic amines is 1. The molecule has 1 aliphatic heterocycles. The Kier molecular flexibility index (Phi) is 5.04. The van der Waals surface area contributed by atoms with E-state index in [0.717, 1.165) is 12.1 Å². The Bertz CT molecular complexity index is 974. The number of benzene rings is 1. The molecule has 0 unspecified atom stereocenters. The Morgan fingerprint density at radius 1 is 1.17 bits per heavy atom. The number of rotatable bonds is 4. The van der Waals surface area contributed by atoms with Crippen molar-refractivity contribution in [2.45, 2.75) is 19.0 Å². The van der Waals surface area contributed by atoms with Gasteiger partial charge in [-0.15, -0.1) is 0 Å². The van der Waals surface area contributed by atoms with Gasteiger partial charge in [-0.3, -0.25) is 9.89 Å². The zero-order valence-corrected chi connectivity index (χ0v) is 15.4. The predicted molar refractivity (Wildman–Crippen MR) is 101 cm³/mol. The molecule has 152 valence electrons. The Hall–Kier alpha value is -3.23. The number of carbonyl (C=O) groups excluding carboxylic acids is 1. The van der Waals surface area contributed by atoms with Crippen LogP contribution in [0.25, 0.3) is 11.5 Å². The van der Waals surface area contributed by atoms with Crippen molar-refractivity contribution in [2.24, 2.45) is 5.92 Å².